The summed E-state index contributed by atoms with van der Waals surface area (Å²) >= 11 is 6.52. The van der Waals surface area contributed by atoms with Gasteiger partial charge in [0.25, 0.3) is 11.6 Å². The van der Waals surface area contributed by atoms with Crippen LogP contribution in [0, 0.1) is 10.1 Å². The van der Waals surface area contributed by atoms with E-state index in [1.54, 1.807) is 12.1 Å². The molecule has 0 aromatic heterocycles. The van der Waals surface area contributed by atoms with Crippen LogP contribution in [0.1, 0.15) is 48.9 Å². The summed E-state index contributed by atoms with van der Waals surface area (Å²) < 4.78 is 0. The van der Waals surface area contributed by atoms with Crippen LogP contribution in [0.4, 0.5) is 22.7 Å². The van der Waals surface area contributed by atoms with Gasteiger partial charge in [-0.3, -0.25) is 14.9 Å². The van der Waals surface area contributed by atoms with Crippen molar-refractivity contribution in [2.75, 3.05) is 41.3 Å². The number of carbonyl (C=O) groups excluding carboxylic acids is 1. The third kappa shape index (κ3) is 4.93. The van der Waals surface area contributed by atoms with Gasteiger partial charge in [0.2, 0.25) is 0 Å². The Morgan fingerprint density at radius 1 is 0.871 bits per heavy atom. The number of hydrogen-bond acceptors (Lipinski definition) is 5. The second-order valence-corrected chi connectivity index (χ2v) is 8.58. The first-order valence-corrected chi connectivity index (χ1v) is 11.3. The molecule has 2 heterocycles. The predicted octanol–water partition coefficient (Wildman–Crippen LogP) is 5.48. The Labute approximate surface area is 187 Å². The van der Waals surface area contributed by atoms with Crippen molar-refractivity contribution in [1.82, 2.24) is 0 Å². The van der Waals surface area contributed by atoms with E-state index in [9.17, 15) is 14.9 Å². The molecule has 8 heteroatoms. The standard InChI is InChI=1S/C23H27ClN4O3/c24-20-15-17(7-9-22(20)27-13-5-2-6-14-27)25-23(29)19-16-18(28(30)31)8-10-21(19)26-11-3-1-4-12-26/h7-10,15-16H,1-6,11-14H2,(H,25,29). The van der Waals surface area contributed by atoms with E-state index >= 15 is 0 Å². The number of halogens is 1. The maximum absolute atomic E-state index is 13.1. The van der Waals surface area contributed by atoms with E-state index < -0.39 is 4.92 Å². The van der Waals surface area contributed by atoms with Crippen molar-refractivity contribution in [1.29, 1.82) is 0 Å². The van der Waals surface area contributed by atoms with Gasteiger partial charge in [-0.2, -0.15) is 0 Å². The number of hydrogen-bond donors (Lipinski definition) is 1. The highest BCUT2D eigenvalue weighted by molar-refractivity contribution is 6.33. The number of rotatable bonds is 5. The van der Waals surface area contributed by atoms with Gasteiger partial charge in [0, 0.05) is 44.0 Å². The summed E-state index contributed by atoms with van der Waals surface area (Å²) in [5.41, 5.74) is 2.51. The number of nitro groups is 1. The normalized spacial score (nSPS) is 16.8. The monoisotopic (exact) mass is 442 g/mol. The fourth-order valence-electron chi connectivity index (χ4n) is 4.40. The first-order valence-electron chi connectivity index (χ1n) is 10.9. The van der Waals surface area contributed by atoms with Crippen LogP contribution in [-0.2, 0) is 0 Å². The lowest BCUT2D eigenvalue weighted by molar-refractivity contribution is -0.384. The summed E-state index contributed by atoms with van der Waals surface area (Å²) in [6.07, 6.45) is 6.80. The lowest BCUT2D eigenvalue weighted by Crippen LogP contribution is -2.31. The molecule has 164 valence electrons. The molecule has 0 saturated carbocycles. The van der Waals surface area contributed by atoms with Gasteiger partial charge in [0.1, 0.15) is 0 Å². The van der Waals surface area contributed by atoms with E-state index in [0.29, 0.717) is 16.3 Å². The fraction of sp³-hybridized carbons (Fsp3) is 0.435. The van der Waals surface area contributed by atoms with Crippen LogP contribution in [-0.4, -0.2) is 37.0 Å². The average Bonchev–Trinajstić information content (AvgIpc) is 2.80. The van der Waals surface area contributed by atoms with Gasteiger partial charge in [-0.25, -0.2) is 0 Å². The number of nitro benzene ring substituents is 1. The van der Waals surface area contributed by atoms with Gasteiger partial charge in [0.05, 0.1) is 26.9 Å². The zero-order chi connectivity index (χ0) is 21.8. The summed E-state index contributed by atoms with van der Waals surface area (Å²) in [4.78, 5) is 28.4. The Bertz CT molecular complexity index is 969. The van der Waals surface area contributed by atoms with E-state index in [1.165, 1.54) is 18.6 Å². The average molecular weight is 443 g/mol. The van der Waals surface area contributed by atoms with Crippen molar-refractivity contribution < 1.29 is 9.72 Å². The fourth-order valence-corrected chi connectivity index (χ4v) is 4.70. The third-order valence-electron chi connectivity index (χ3n) is 6.03. The molecule has 2 saturated heterocycles. The highest BCUT2D eigenvalue weighted by atomic mass is 35.5. The van der Waals surface area contributed by atoms with E-state index in [1.807, 2.05) is 12.1 Å². The number of anilines is 3. The smallest absolute Gasteiger partial charge is 0.270 e. The van der Waals surface area contributed by atoms with Crippen LogP contribution < -0.4 is 15.1 Å². The molecule has 0 aliphatic carbocycles. The Morgan fingerprint density at radius 3 is 2.03 bits per heavy atom. The highest BCUT2D eigenvalue weighted by Crippen LogP contribution is 2.32. The van der Waals surface area contributed by atoms with Gasteiger partial charge in [-0.15, -0.1) is 0 Å². The van der Waals surface area contributed by atoms with Crippen LogP contribution in [0.5, 0.6) is 0 Å². The second kappa shape index (κ2) is 9.56. The number of nitrogens with one attached hydrogen (secondary N) is 1. The number of non-ortho nitro benzene ring substituents is 1. The summed E-state index contributed by atoms with van der Waals surface area (Å²) in [5, 5.41) is 14.8. The topological polar surface area (TPSA) is 78.7 Å². The molecule has 0 radical (unpaired) electrons. The molecule has 2 aliphatic heterocycles. The van der Waals surface area contributed by atoms with Gasteiger partial charge < -0.3 is 15.1 Å². The third-order valence-corrected chi connectivity index (χ3v) is 6.34. The summed E-state index contributed by atoms with van der Waals surface area (Å²) in [7, 11) is 0. The zero-order valence-corrected chi connectivity index (χ0v) is 18.2. The molecular weight excluding hydrogens is 416 g/mol. The van der Waals surface area contributed by atoms with Gasteiger partial charge in [0.15, 0.2) is 0 Å². The Hall–Kier alpha value is -2.80. The molecule has 2 aliphatic rings. The molecule has 2 aromatic rings. The number of nitrogens with zero attached hydrogens (tertiary/aromatic N) is 3. The Kier molecular flexibility index (Phi) is 6.61. The molecule has 1 amide bonds. The largest absolute Gasteiger partial charge is 0.371 e. The first-order chi connectivity index (χ1) is 15.0. The van der Waals surface area contributed by atoms with Crippen molar-refractivity contribution in [3.63, 3.8) is 0 Å². The number of carbonyl (C=O) groups is 1. The van der Waals surface area contributed by atoms with Crippen molar-refractivity contribution in [3.8, 4) is 0 Å². The SMILES string of the molecule is O=C(Nc1ccc(N2CCCCC2)c(Cl)c1)c1cc([N+](=O)[O-])ccc1N1CCCCC1. The van der Waals surface area contributed by atoms with E-state index in [-0.39, 0.29) is 11.6 Å². The summed E-state index contributed by atoms with van der Waals surface area (Å²) in [6.45, 7) is 3.65. The van der Waals surface area contributed by atoms with Crippen LogP contribution in [0.3, 0.4) is 0 Å². The maximum atomic E-state index is 13.1. The van der Waals surface area contributed by atoms with Crippen LogP contribution in [0.15, 0.2) is 36.4 Å². The zero-order valence-electron chi connectivity index (χ0n) is 17.5. The lowest BCUT2D eigenvalue weighted by Gasteiger charge is -2.30. The molecule has 2 fully saturated rings. The second-order valence-electron chi connectivity index (χ2n) is 8.17. The first kappa shape index (κ1) is 21.4. The van der Waals surface area contributed by atoms with Crippen LogP contribution in [0.25, 0.3) is 0 Å². The van der Waals surface area contributed by atoms with Crippen molar-refractivity contribution in [3.05, 3.63) is 57.1 Å². The molecule has 0 spiro atoms. The van der Waals surface area contributed by atoms with E-state index in [4.69, 9.17) is 11.6 Å². The number of piperidine rings is 2. The molecule has 7 nitrogen and oxygen atoms in total. The summed E-state index contributed by atoms with van der Waals surface area (Å²) in [5.74, 6) is -0.369. The molecule has 4 rings (SSSR count). The Balaban J connectivity index is 1.57. The molecule has 1 N–H and O–H groups in total. The number of amides is 1. The van der Waals surface area contributed by atoms with Crippen LogP contribution in [0.2, 0.25) is 5.02 Å². The highest BCUT2D eigenvalue weighted by Gasteiger charge is 2.22. The maximum Gasteiger partial charge on any atom is 0.270 e. The lowest BCUT2D eigenvalue weighted by atomic mass is 10.1. The minimum absolute atomic E-state index is 0.0932. The molecule has 0 unspecified atom stereocenters. The number of benzene rings is 2. The van der Waals surface area contributed by atoms with Gasteiger partial charge >= 0.3 is 0 Å². The van der Waals surface area contributed by atoms with E-state index in [0.717, 1.165) is 69.7 Å². The molecule has 31 heavy (non-hydrogen) atoms. The Morgan fingerprint density at radius 2 is 1.45 bits per heavy atom. The van der Waals surface area contributed by atoms with Crippen molar-refractivity contribution in [2.24, 2.45) is 0 Å². The van der Waals surface area contributed by atoms with Crippen molar-refractivity contribution in [2.45, 2.75) is 38.5 Å². The quantitative estimate of drug-likeness (QED) is 0.489. The molecular formula is C23H27ClN4O3. The van der Waals surface area contributed by atoms with Crippen molar-refractivity contribution >= 4 is 40.3 Å². The minimum atomic E-state index is -0.471. The predicted molar refractivity (Wildman–Crippen MR) is 125 cm³/mol. The van der Waals surface area contributed by atoms with Gasteiger partial charge in [-0.05, 0) is 62.8 Å². The summed E-state index contributed by atoms with van der Waals surface area (Å²) in [6, 6.07) is 10.0. The van der Waals surface area contributed by atoms with Gasteiger partial charge in [-0.1, -0.05) is 11.6 Å². The van der Waals surface area contributed by atoms with Crippen LogP contribution >= 0.6 is 11.6 Å². The molecule has 2 aromatic carbocycles. The minimum Gasteiger partial charge on any atom is -0.371 e. The molecule has 0 bridgehead atoms. The molecule has 0 atom stereocenters. The van der Waals surface area contributed by atoms with E-state index in [2.05, 4.69) is 15.1 Å².